The number of alkyl halides is 3. The Morgan fingerprint density at radius 2 is 1.84 bits per heavy atom. The second-order valence-electron chi connectivity index (χ2n) is 9.93. The number of pyridine rings is 1. The Morgan fingerprint density at radius 1 is 1.12 bits per heavy atom. The number of benzene rings is 1. The van der Waals surface area contributed by atoms with Crippen LogP contribution in [0.5, 0.6) is 0 Å². The first-order valence-electron chi connectivity index (χ1n) is 11.1. The Morgan fingerprint density at radius 3 is 2.47 bits per heavy atom. The molecule has 0 spiro atoms. The van der Waals surface area contributed by atoms with Gasteiger partial charge in [-0.05, 0) is 78.7 Å². The normalized spacial score (nSPS) is 24.9. The monoisotopic (exact) mass is 441 g/mol. The molecule has 0 aliphatic heterocycles. The highest BCUT2D eigenvalue weighted by atomic mass is 19.4. The standard InChI is InChI=1S/C25H26F3N3O/c1-23-8-10-24(15-23,11-9-23)16-29-22(32)20-14-30-31-12-2-3-18(21(20)31)13-17-4-6-19(7-5-17)25(26,27)28/h2-7,12,14H,8-11,13,15-16H2,1H3,(H,29,32). The Balaban J connectivity index is 1.36. The fraction of sp³-hybridized carbons (Fsp3) is 0.440. The van der Waals surface area contributed by atoms with Crippen molar-refractivity contribution >= 4 is 11.4 Å². The molecule has 2 bridgehead atoms. The van der Waals surface area contributed by atoms with Crippen molar-refractivity contribution in [2.75, 3.05) is 6.54 Å². The van der Waals surface area contributed by atoms with Gasteiger partial charge in [-0.25, -0.2) is 4.52 Å². The van der Waals surface area contributed by atoms with E-state index in [4.69, 9.17) is 0 Å². The van der Waals surface area contributed by atoms with E-state index >= 15 is 0 Å². The molecule has 7 heteroatoms. The summed E-state index contributed by atoms with van der Waals surface area (Å²) in [5.41, 5.74) is 2.78. The second-order valence-corrected chi connectivity index (χ2v) is 9.93. The summed E-state index contributed by atoms with van der Waals surface area (Å²) in [7, 11) is 0. The summed E-state index contributed by atoms with van der Waals surface area (Å²) < 4.78 is 40.2. The van der Waals surface area contributed by atoms with Crippen LogP contribution in [0.3, 0.4) is 0 Å². The molecule has 5 rings (SSSR count). The molecule has 0 unspecified atom stereocenters. The van der Waals surface area contributed by atoms with Gasteiger partial charge in [0, 0.05) is 12.7 Å². The SMILES string of the molecule is CC12CCC(CNC(=O)c3cnn4cccc(Cc5ccc(C(F)(F)F)cc5)c34)(CC1)C2. The molecule has 1 N–H and O–H groups in total. The summed E-state index contributed by atoms with van der Waals surface area (Å²) in [5, 5.41) is 7.48. The van der Waals surface area contributed by atoms with Crippen molar-refractivity contribution < 1.29 is 18.0 Å². The molecular weight excluding hydrogens is 415 g/mol. The highest BCUT2D eigenvalue weighted by Crippen LogP contribution is 2.60. The Kier molecular flexibility index (Phi) is 4.84. The van der Waals surface area contributed by atoms with Crippen molar-refractivity contribution in [2.24, 2.45) is 10.8 Å². The first-order valence-corrected chi connectivity index (χ1v) is 11.1. The maximum atomic E-state index is 13.1. The predicted molar refractivity (Wildman–Crippen MR) is 115 cm³/mol. The molecule has 2 aromatic heterocycles. The van der Waals surface area contributed by atoms with Crippen LogP contribution in [0.25, 0.3) is 5.52 Å². The molecule has 0 radical (unpaired) electrons. The second kappa shape index (κ2) is 7.36. The topological polar surface area (TPSA) is 46.4 Å². The lowest BCUT2D eigenvalue weighted by Gasteiger charge is -2.26. The number of fused-ring (bicyclic) bond motifs is 3. The lowest BCUT2D eigenvalue weighted by atomic mass is 9.83. The van der Waals surface area contributed by atoms with Gasteiger partial charge in [-0.2, -0.15) is 18.3 Å². The van der Waals surface area contributed by atoms with E-state index in [1.807, 2.05) is 12.1 Å². The Hall–Kier alpha value is -2.83. The molecule has 1 amide bonds. The molecule has 32 heavy (non-hydrogen) atoms. The molecule has 0 atom stereocenters. The third-order valence-corrected chi connectivity index (χ3v) is 7.49. The number of hydrogen-bond donors (Lipinski definition) is 1. The van der Waals surface area contributed by atoms with E-state index in [1.54, 1.807) is 16.9 Å². The van der Waals surface area contributed by atoms with E-state index in [2.05, 4.69) is 17.3 Å². The zero-order valence-corrected chi connectivity index (χ0v) is 18.0. The number of hydrogen-bond acceptors (Lipinski definition) is 2. The van der Waals surface area contributed by atoms with Crippen LogP contribution in [0.4, 0.5) is 13.2 Å². The van der Waals surface area contributed by atoms with E-state index in [-0.39, 0.29) is 11.3 Å². The first-order chi connectivity index (χ1) is 15.2. The number of aromatic nitrogens is 2. The highest BCUT2D eigenvalue weighted by Gasteiger charge is 2.51. The maximum absolute atomic E-state index is 13.1. The number of rotatable bonds is 5. The number of amides is 1. The largest absolute Gasteiger partial charge is 0.416 e. The summed E-state index contributed by atoms with van der Waals surface area (Å²) in [6.45, 7) is 3.03. The minimum Gasteiger partial charge on any atom is -0.351 e. The van der Waals surface area contributed by atoms with Crippen LogP contribution >= 0.6 is 0 Å². The number of nitrogens with one attached hydrogen (secondary N) is 1. The van der Waals surface area contributed by atoms with Crippen molar-refractivity contribution in [3.05, 3.63) is 71.0 Å². The van der Waals surface area contributed by atoms with Gasteiger partial charge in [-0.3, -0.25) is 4.79 Å². The Bertz CT molecular complexity index is 1160. The van der Waals surface area contributed by atoms with Gasteiger partial charge in [-0.1, -0.05) is 25.1 Å². The van der Waals surface area contributed by atoms with Gasteiger partial charge in [0.25, 0.3) is 5.91 Å². The molecule has 2 saturated carbocycles. The average Bonchev–Trinajstić information content (AvgIpc) is 3.43. The lowest BCUT2D eigenvalue weighted by Crippen LogP contribution is -2.35. The minimum atomic E-state index is -4.36. The molecule has 2 heterocycles. The van der Waals surface area contributed by atoms with E-state index < -0.39 is 11.7 Å². The third kappa shape index (κ3) is 3.78. The molecule has 4 nitrogen and oxygen atoms in total. The van der Waals surface area contributed by atoms with Crippen LogP contribution in [-0.4, -0.2) is 22.1 Å². The summed E-state index contributed by atoms with van der Waals surface area (Å²) >= 11 is 0. The fourth-order valence-corrected chi connectivity index (χ4v) is 5.70. The van der Waals surface area contributed by atoms with Gasteiger partial charge in [0.2, 0.25) is 0 Å². The van der Waals surface area contributed by atoms with E-state index in [9.17, 15) is 18.0 Å². The first kappa shape index (κ1) is 21.0. The van der Waals surface area contributed by atoms with Crippen molar-refractivity contribution in [1.29, 1.82) is 0 Å². The summed E-state index contributed by atoms with van der Waals surface area (Å²) in [6.07, 6.45) is 5.38. The molecule has 2 aliphatic carbocycles. The Labute approximate surface area is 184 Å². The van der Waals surface area contributed by atoms with Gasteiger partial charge in [0.15, 0.2) is 0 Å². The summed E-state index contributed by atoms with van der Waals surface area (Å²) in [4.78, 5) is 13.1. The zero-order chi connectivity index (χ0) is 22.6. The van der Waals surface area contributed by atoms with Crippen LogP contribution in [0.1, 0.15) is 66.1 Å². The van der Waals surface area contributed by atoms with Crippen LogP contribution in [0.2, 0.25) is 0 Å². The molecule has 1 aromatic carbocycles. The molecule has 168 valence electrons. The van der Waals surface area contributed by atoms with Crippen LogP contribution in [0.15, 0.2) is 48.8 Å². The van der Waals surface area contributed by atoms with Gasteiger partial charge in [-0.15, -0.1) is 0 Å². The third-order valence-electron chi connectivity index (χ3n) is 7.49. The smallest absolute Gasteiger partial charge is 0.351 e. The van der Waals surface area contributed by atoms with Crippen LogP contribution < -0.4 is 5.32 Å². The van der Waals surface area contributed by atoms with Gasteiger partial charge in [0.1, 0.15) is 0 Å². The molecular formula is C25H26F3N3O. The van der Waals surface area contributed by atoms with Crippen molar-refractivity contribution in [1.82, 2.24) is 14.9 Å². The quantitative estimate of drug-likeness (QED) is 0.557. The number of carbonyl (C=O) groups is 1. The number of carbonyl (C=O) groups excluding carboxylic acids is 1. The minimum absolute atomic E-state index is 0.144. The zero-order valence-electron chi connectivity index (χ0n) is 18.0. The van der Waals surface area contributed by atoms with Crippen molar-refractivity contribution in [3.8, 4) is 0 Å². The van der Waals surface area contributed by atoms with Gasteiger partial charge < -0.3 is 5.32 Å². The summed E-state index contributed by atoms with van der Waals surface area (Å²) in [5.74, 6) is -0.144. The molecule has 2 aliphatic rings. The molecule has 2 fully saturated rings. The number of halogens is 3. The van der Waals surface area contributed by atoms with Gasteiger partial charge in [0.05, 0.1) is 22.8 Å². The van der Waals surface area contributed by atoms with E-state index in [0.717, 1.165) is 36.1 Å². The number of nitrogens with zero attached hydrogens (tertiary/aromatic N) is 2. The van der Waals surface area contributed by atoms with Crippen LogP contribution in [0, 0.1) is 10.8 Å². The maximum Gasteiger partial charge on any atom is 0.416 e. The van der Waals surface area contributed by atoms with Crippen molar-refractivity contribution in [2.45, 2.75) is 51.6 Å². The predicted octanol–water partition coefficient (Wildman–Crippen LogP) is 5.64. The van der Waals surface area contributed by atoms with E-state index in [1.165, 1.54) is 31.4 Å². The van der Waals surface area contributed by atoms with Crippen LogP contribution in [-0.2, 0) is 12.6 Å². The summed E-state index contributed by atoms with van der Waals surface area (Å²) in [6, 6.07) is 8.88. The van der Waals surface area contributed by atoms with Gasteiger partial charge >= 0.3 is 6.18 Å². The molecule has 0 saturated heterocycles. The van der Waals surface area contributed by atoms with Crippen molar-refractivity contribution in [3.63, 3.8) is 0 Å². The molecule has 3 aromatic rings. The van der Waals surface area contributed by atoms with E-state index in [0.29, 0.717) is 29.5 Å². The fourth-order valence-electron chi connectivity index (χ4n) is 5.70. The highest BCUT2D eigenvalue weighted by molar-refractivity contribution is 6.01. The average molecular weight is 441 g/mol. The lowest BCUT2D eigenvalue weighted by molar-refractivity contribution is -0.137.